The lowest BCUT2D eigenvalue weighted by atomic mass is 10.00. The standard InChI is InChI=1S/C16H28N2O3/c1-19-14-9-8-12(15(20-2)16(14)21-3)11-13(18)7-5-4-6-10-17/h8-9,13H,4-7,10-11,17-18H2,1-3H3. The Kier molecular flexibility index (Phi) is 7.93. The van der Waals surface area contributed by atoms with Gasteiger partial charge in [0.1, 0.15) is 0 Å². The smallest absolute Gasteiger partial charge is 0.203 e. The molecule has 1 unspecified atom stereocenters. The molecule has 0 saturated carbocycles. The first kappa shape index (κ1) is 17.6. The van der Waals surface area contributed by atoms with Crippen LogP contribution in [0, 0.1) is 0 Å². The quantitative estimate of drug-likeness (QED) is 0.646. The van der Waals surface area contributed by atoms with E-state index in [1.165, 1.54) is 0 Å². The molecule has 1 atom stereocenters. The number of benzene rings is 1. The second kappa shape index (κ2) is 9.47. The lowest BCUT2D eigenvalue weighted by Gasteiger charge is -2.18. The van der Waals surface area contributed by atoms with Gasteiger partial charge in [0.25, 0.3) is 0 Å². The maximum atomic E-state index is 6.21. The van der Waals surface area contributed by atoms with Gasteiger partial charge >= 0.3 is 0 Å². The minimum atomic E-state index is 0.106. The van der Waals surface area contributed by atoms with E-state index in [2.05, 4.69) is 0 Å². The highest BCUT2D eigenvalue weighted by Gasteiger charge is 2.17. The highest BCUT2D eigenvalue weighted by molar-refractivity contribution is 5.55. The lowest BCUT2D eigenvalue weighted by Crippen LogP contribution is -2.23. The van der Waals surface area contributed by atoms with E-state index in [0.717, 1.165) is 44.2 Å². The van der Waals surface area contributed by atoms with Gasteiger partial charge in [0.15, 0.2) is 11.5 Å². The molecule has 0 aliphatic carbocycles. The average molecular weight is 296 g/mol. The maximum Gasteiger partial charge on any atom is 0.203 e. The molecule has 120 valence electrons. The van der Waals surface area contributed by atoms with Gasteiger partial charge in [-0.15, -0.1) is 0 Å². The summed E-state index contributed by atoms with van der Waals surface area (Å²) in [7, 11) is 4.85. The van der Waals surface area contributed by atoms with Crippen molar-refractivity contribution in [2.75, 3.05) is 27.9 Å². The molecule has 1 aromatic carbocycles. The predicted molar refractivity (Wildman–Crippen MR) is 85.3 cm³/mol. The summed E-state index contributed by atoms with van der Waals surface area (Å²) in [6, 6.07) is 3.98. The minimum Gasteiger partial charge on any atom is -0.493 e. The van der Waals surface area contributed by atoms with Crippen molar-refractivity contribution in [3.05, 3.63) is 17.7 Å². The summed E-state index contributed by atoms with van der Waals surface area (Å²) in [5.41, 5.74) is 12.8. The molecule has 5 heteroatoms. The van der Waals surface area contributed by atoms with Crippen LogP contribution in [0.3, 0.4) is 0 Å². The van der Waals surface area contributed by atoms with Crippen molar-refractivity contribution in [1.82, 2.24) is 0 Å². The molecule has 5 nitrogen and oxygen atoms in total. The van der Waals surface area contributed by atoms with Gasteiger partial charge in [-0.3, -0.25) is 0 Å². The lowest BCUT2D eigenvalue weighted by molar-refractivity contribution is 0.321. The molecule has 1 rings (SSSR count). The second-order valence-corrected chi connectivity index (χ2v) is 5.10. The van der Waals surface area contributed by atoms with Crippen molar-refractivity contribution in [3.63, 3.8) is 0 Å². The van der Waals surface area contributed by atoms with Gasteiger partial charge in [-0.05, 0) is 37.4 Å². The molecule has 21 heavy (non-hydrogen) atoms. The Balaban J connectivity index is 2.74. The molecule has 0 spiro atoms. The third kappa shape index (κ3) is 5.10. The van der Waals surface area contributed by atoms with E-state index in [1.54, 1.807) is 21.3 Å². The molecular weight excluding hydrogens is 268 g/mol. The Hall–Kier alpha value is -1.46. The van der Waals surface area contributed by atoms with Gasteiger partial charge in [0.2, 0.25) is 5.75 Å². The zero-order valence-corrected chi connectivity index (χ0v) is 13.4. The molecule has 0 amide bonds. The van der Waals surface area contributed by atoms with Gasteiger partial charge in [0.05, 0.1) is 21.3 Å². The molecule has 0 aliphatic heterocycles. The average Bonchev–Trinajstić information content (AvgIpc) is 2.50. The summed E-state index contributed by atoms with van der Waals surface area (Å²) in [5, 5.41) is 0. The summed E-state index contributed by atoms with van der Waals surface area (Å²) >= 11 is 0. The minimum absolute atomic E-state index is 0.106. The molecular formula is C16H28N2O3. The molecule has 4 N–H and O–H groups in total. The molecule has 0 aromatic heterocycles. The molecule has 0 heterocycles. The summed E-state index contributed by atoms with van der Waals surface area (Å²) in [6.45, 7) is 0.749. The summed E-state index contributed by atoms with van der Waals surface area (Å²) < 4.78 is 16.1. The Morgan fingerprint density at radius 2 is 1.67 bits per heavy atom. The fourth-order valence-electron chi connectivity index (χ4n) is 2.44. The monoisotopic (exact) mass is 296 g/mol. The molecule has 0 radical (unpaired) electrons. The van der Waals surface area contributed by atoms with E-state index in [-0.39, 0.29) is 6.04 Å². The van der Waals surface area contributed by atoms with Crippen LogP contribution in [-0.4, -0.2) is 33.9 Å². The first-order chi connectivity index (χ1) is 10.2. The number of nitrogens with two attached hydrogens (primary N) is 2. The predicted octanol–water partition coefficient (Wildman–Crippen LogP) is 2.10. The highest BCUT2D eigenvalue weighted by atomic mass is 16.5. The van der Waals surface area contributed by atoms with E-state index >= 15 is 0 Å². The molecule has 0 saturated heterocycles. The van der Waals surface area contributed by atoms with Gasteiger partial charge in [0, 0.05) is 6.04 Å². The number of ether oxygens (including phenoxy) is 3. The van der Waals surface area contributed by atoms with Crippen LogP contribution in [0.1, 0.15) is 31.2 Å². The van der Waals surface area contributed by atoms with Gasteiger partial charge in [-0.1, -0.05) is 18.9 Å². The van der Waals surface area contributed by atoms with E-state index in [0.29, 0.717) is 17.2 Å². The van der Waals surface area contributed by atoms with Crippen molar-refractivity contribution in [3.8, 4) is 17.2 Å². The Bertz CT molecular complexity index is 424. The molecule has 0 bridgehead atoms. The van der Waals surface area contributed by atoms with Crippen LogP contribution in [0.5, 0.6) is 17.2 Å². The zero-order valence-electron chi connectivity index (χ0n) is 13.4. The van der Waals surface area contributed by atoms with Crippen molar-refractivity contribution in [2.24, 2.45) is 11.5 Å². The zero-order chi connectivity index (χ0) is 15.7. The summed E-state index contributed by atoms with van der Waals surface area (Å²) in [4.78, 5) is 0. The molecule has 0 fully saturated rings. The van der Waals surface area contributed by atoms with Crippen LogP contribution in [0.2, 0.25) is 0 Å². The van der Waals surface area contributed by atoms with E-state index < -0.39 is 0 Å². The largest absolute Gasteiger partial charge is 0.493 e. The first-order valence-corrected chi connectivity index (χ1v) is 7.41. The van der Waals surface area contributed by atoms with Crippen LogP contribution in [0.4, 0.5) is 0 Å². The molecule has 0 aliphatic rings. The van der Waals surface area contributed by atoms with Crippen LogP contribution < -0.4 is 25.7 Å². The van der Waals surface area contributed by atoms with Crippen molar-refractivity contribution < 1.29 is 14.2 Å². The summed E-state index contributed by atoms with van der Waals surface area (Å²) in [5.74, 6) is 1.98. The fraction of sp³-hybridized carbons (Fsp3) is 0.625. The van der Waals surface area contributed by atoms with Crippen LogP contribution in [0.25, 0.3) is 0 Å². The van der Waals surface area contributed by atoms with Crippen LogP contribution in [-0.2, 0) is 6.42 Å². The van der Waals surface area contributed by atoms with Gasteiger partial charge < -0.3 is 25.7 Å². The Morgan fingerprint density at radius 1 is 0.952 bits per heavy atom. The normalized spacial score (nSPS) is 12.0. The maximum absolute atomic E-state index is 6.21. The van der Waals surface area contributed by atoms with Gasteiger partial charge in [-0.2, -0.15) is 0 Å². The van der Waals surface area contributed by atoms with Gasteiger partial charge in [-0.25, -0.2) is 0 Å². The fourth-order valence-corrected chi connectivity index (χ4v) is 2.44. The van der Waals surface area contributed by atoms with E-state index in [9.17, 15) is 0 Å². The SMILES string of the molecule is COc1ccc(CC(N)CCCCCN)c(OC)c1OC. The summed E-state index contributed by atoms with van der Waals surface area (Å²) in [6.07, 6.45) is 5.04. The van der Waals surface area contributed by atoms with Crippen molar-refractivity contribution >= 4 is 0 Å². The second-order valence-electron chi connectivity index (χ2n) is 5.10. The van der Waals surface area contributed by atoms with Crippen LogP contribution in [0.15, 0.2) is 12.1 Å². The highest BCUT2D eigenvalue weighted by Crippen LogP contribution is 2.40. The molecule has 1 aromatic rings. The van der Waals surface area contributed by atoms with Crippen LogP contribution >= 0.6 is 0 Å². The third-order valence-corrected chi connectivity index (χ3v) is 3.55. The first-order valence-electron chi connectivity index (χ1n) is 7.41. The Morgan fingerprint density at radius 3 is 2.24 bits per heavy atom. The van der Waals surface area contributed by atoms with E-state index in [4.69, 9.17) is 25.7 Å². The topological polar surface area (TPSA) is 79.7 Å². The third-order valence-electron chi connectivity index (χ3n) is 3.55. The van der Waals surface area contributed by atoms with E-state index in [1.807, 2.05) is 12.1 Å². The van der Waals surface area contributed by atoms with Crippen molar-refractivity contribution in [2.45, 2.75) is 38.1 Å². The number of unbranched alkanes of at least 4 members (excludes halogenated alkanes) is 2. The number of hydrogen-bond acceptors (Lipinski definition) is 5. The number of rotatable bonds is 10. The Labute approximate surface area is 127 Å². The number of hydrogen-bond donors (Lipinski definition) is 2. The van der Waals surface area contributed by atoms with Crippen molar-refractivity contribution in [1.29, 1.82) is 0 Å². The number of methoxy groups -OCH3 is 3.